The third kappa shape index (κ3) is 3.23. The van der Waals surface area contributed by atoms with Gasteiger partial charge in [0.1, 0.15) is 0 Å². The van der Waals surface area contributed by atoms with Gasteiger partial charge in [-0.1, -0.05) is 34.1 Å². The number of aliphatic carboxylic acids is 1. The number of hydrogen-bond donors (Lipinski definition) is 3. The Kier molecular flexibility index (Phi) is 5.31. The number of carboxylic acid groups (broad SMARTS) is 1. The molecule has 1 rings (SSSR count). The predicted molar refractivity (Wildman–Crippen MR) is 68.4 cm³/mol. The Labute approximate surface area is 108 Å². The molecule has 0 aliphatic rings. The van der Waals surface area contributed by atoms with E-state index in [4.69, 9.17) is 5.11 Å². The Morgan fingerprint density at radius 2 is 2.19 bits per heavy atom. The van der Waals surface area contributed by atoms with Gasteiger partial charge in [-0.05, 0) is 18.4 Å². The fourth-order valence-electron chi connectivity index (χ4n) is 1.42. The first kappa shape index (κ1) is 13.5. The van der Waals surface area contributed by atoms with Gasteiger partial charge in [0.2, 0.25) is 0 Å². The van der Waals surface area contributed by atoms with Crippen molar-refractivity contribution in [2.75, 3.05) is 5.33 Å². The number of benzene rings is 1. The molecule has 1 aromatic rings. The highest BCUT2D eigenvalue weighted by molar-refractivity contribution is 9.09. The minimum atomic E-state index is -1.50. The van der Waals surface area contributed by atoms with Crippen LogP contribution in [0.5, 0.6) is 0 Å². The average molecular weight is 305 g/mol. The molecule has 0 aromatic heterocycles. The second kappa shape index (κ2) is 6.27. The second-order valence-electron chi connectivity index (χ2n) is 3.39. The molecular formula is C11H13BrO3S. The summed E-state index contributed by atoms with van der Waals surface area (Å²) in [7, 11) is 0. The highest BCUT2D eigenvalue weighted by Gasteiger charge is 2.19. The standard InChI is InChI=1S/C11H13BrO3S/c12-6-2-4-7-3-1-5-8(10(7)16)9(13)11(14)15/h1,3,5,9,13,16H,2,4,6H2,(H,14,15). The number of rotatable bonds is 5. The van der Waals surface area contributed by atoms with Crippen LogP contribution in [-0.4, -0.2) is 21.5 Å². The zero-order valence-corrected chi connectivity index (χ0v) is 11.0. The van der Waals surface area contributed by atoms with Crippen LogP contribution in [0.1, 0.15) is 23.7 Å². The molecule has 0 fully saturated rings. The van der Waals surface area contributed by atoms with E-state index in [0.717, 1.165) is 23.7 Å². The Bertz CT molecular complexity index is 381. The topological polar surface area (TPSA) is 57.5 Å². The zero-order chi connectivity index (χ0) is 12.1. The number of aliphatic hydroxyl groups is 1. The maximum absolute atomic E-state index is 10.7. The van der Waals surface area contributed by atoms with Crippen LogP contribution < -0.4 is 0 Å². The fraction of sp³-hybridized carbons (Fsp3) is 0.364. The molecule has 5 heteroatoms. The number of thiol groups is 1. The van der Waals surface area contributed by atoms with E-state index >= 15 is 0 Å². The van der Waals surface area contributed by atoms with E-state index in [1.165, 1.54) is 0 Å². The van der Waals surface area contributed by atoms with Crippen LogP contribution in [0.25, 0.3) is 0 Å². The number of carboxylic acids is 1. The molecule has 16 heavy (non-hydrogen) atoms. The summed E-state index contributed by atoms with van der Waals surface area (Å²) in [5.74, 6) is -1.26. The predicted octanol–water partition coefficient (Wildman–Crippen LogP) is 2.42. The number of hydrogen-bond acceptors (Lipinski definition) is 3. The van der Waals surface area contributed by atoms with Crippen molar-refractivity contribution in [2.45, 2.75) is 23.8 Å². The van der Waals surface area contributed by atoms with Crippen LogP contribution in [-0.2, 0) is 11.2 Å². The van der Waals surface area contributed by atoms with Crippen molar-refractivity contribution in [3.8, 4) is 0 Å². The first-order chi connectivity index (χ1) is 7.57. The van der Waals surface area contributed by atoms with Crippen molar-refractivity contribution >= 4 is 34.5 Å². The smallest absolute Gasteiger partial charge is 0.337 e. The van der Waals surface area contributed by atoms with Gasteiger partial charge in [0.25, 0.3) is 0 Å². The van der Waals surface area contributed by atoms with Gasteiger partial charge in [0.05, 0.1) is 0 Å². The number of halogens is 1. The molecule has 1 atom stereocenters. The largest absolute Gasteiger partial charge is 0.479 e. The van der Waals surface area contributed by atoms with E-state index < -0.39 is 12.1 Å². The first-order valence-corrected chi connectivity index (χ1v) is 6.42. The molecule has 0 heterocycles. The summed E-state index contributed by atoms with van der Waals surface area (Å²) in [5, 5.41) is 19.1. The summed E-state index contributed by atoms with van der Waals surface area (Å²) in [4.78, 5) is 11.3. The Hall–Kier alpha value is -0.520. The van der Waals surface area contributed by atoms with E-state index in [-0.39, 0.29) is 0 Å². The van der Waals surface area contributed by atoms with Crippen molar-refractivity contribution < 1.29 is 15.0 Å². The summed E-state index contributed by atoms with van der Waals surface area (Å²) in [6, 6.07) is 5.21. The minimum Gasteiger partial charge on any atom is -0.479 e. The van der Waals surface area contributed by atoms with Crippen LogP contribution in [0.4, 0.5) is 0 Å². The molecular weight excluding hydrogens is 292 g/mol. The molecule has 0 bridgehead atoms. The molecule has 0 radical (unpaired) electrons. The molecule has 0 amide bonds. The lowest BCUT2D eigenvalue weighted by atomic mass is 10.0. The van der Waals surface area contributed by atoms with E-state index in [0.29, 0.717) is 10.5 Å². The molecule has 2 N–H and O–H groups in total. The van der Waals surface area contributed by atoms with Crippen molar-refractivity contribution in [3.05, 3.63) is 29.3 Å². The lowest BCUT2D eigenvalue weighted by Gasteiger charge is -2.12. The van der Waals surface area contributed by atoms with E-state index in [1.807, 2.05) is 6.07 Å². The average Bonchev–Trinajstić information content (AvgIpc) is 2.26. The number of alkyl halides is 1. The fourth-order valence-corrected chi connectivity index (χ4v) is 2.09. The maximum atomic E-state index is 10.7. The van der Waals surface area contributed by atoms with E-state index in [2.05, 4.69) is 28.6 Å². The SMILES string of the molecule is O=C(O)C(O)c1cccc(CCCBr)c1S. The third-order valence-electron chi connectivity index (χ3n) is 2.26. The molecule has 3 nitrogen and oxygen atoms in total. The summed E-state index contributed by atoms with van der Waals surface area (Å²) in [6.07, 6.45) is 0.251. The van der Waals surface area contributed by atoms with Crippen LogP contribution >= 0.6 is 28.6 Å². The van der Waals surface area contributed by atoms with Gasteiger partial charge in [0, 0.05) is 15.8 Å². The summed E-state index contributed by atoms with van der Waals surface area (Å²) in [6.45, 7) is 0. The third-order valence-corrected chi connectivity index (χ3v) is 3.37. The van der Waals surface area contributed by atoms with Crippen molar-refractivity contribution in [3.63, 3.8) is 0 Å². The first-order valence-electron chi connectivity index (χ1n) is 4.85. The van der Waals surface area contributed by atoms with Crippen LogP contribution in [0, 0.1) is 0 Å². The summed E-state index contributed by atoms with van der Waals surface area (Å²) >= 11 is 7.61. The molecule has 88 valence electrons. The summed E-state index contributed by atoms with van der Waals surface area (Å²) in [5.41, 5.74) is 1.31. The van der Waals surface area contributed by atoms with E-state index in [1.54, 1.807) is 12.1 Å². The van der Waals surface area contributed by atoms with Crippen LogP contribution in [0.15, 0.2) is 23.1 Å². The molecule has 1 unspecified atom stereocenters. The van der Waals surface area contributed by atoms with Crippen LogP contribution in [0.2, 0.25) is 0 Å². The molecule has 0 spiro atoms. The molecule has 0 aliphatic heterocycles. The van der Waals surface area contributed by atoms with Crippen LogP contribution in [0.3, 0.4) is 0 Å². The zero-order valence-electron chi connectivity index (χ0n) is 8.56. The lowest BCUT2D eigenvalue weighted by Crippen LogP contribution is -2.11. The van der Waals surface area contributed by atoms with Gasteiger partial charge in [-0.2, -0.15) is 0 Å². The Morgan fingerprint density at radius 1 is 1.50 bits per heavy atom. The highest BCUT2D eigenvalue weighted by Crippen LogP contribution is 2.26. The quantitative estimate of drug-likeness (QED) is 0.578. The van der Waals surface area contributed by atoms with Crippen molar-refractivity contribution in [1.82, 2.24) is 0 Å². The number of aliphatic hydroxyl groups excluding tert-OH is 1. The lowest BCUT2D eigenvalue weighted by molar-refractivity contribution is -0.147. The van der Waals surface area contributed by atoms with Gasteiger partial charge < -0.3 is 10.2 Å². The van der Waals surface area contributed by atoms with Gasteiger partial charge >= 0.3 is 5.97 Å². The normalized spacial score (nSPS) is 12.4. The van der Waals surface area contributed by atoms with Gasteiger partial charge in [0.15, 0.2) is 6.10 Å². The van der Waals surface area contributed by atoms with Gasteiger partial charge in [-0.15, -0.1) is 12.6 Å². The Balaban J connectivity index is 2.98. The molecule has 1 aromatic carbocycles. The minimum absolute atomic E-state index is 0.350. The van der Waals surface area contributed by atoms with Crippen molar-refractivity contribution in [2.24, 2.45) is 0 Å². The molecule has 0 saturated heterocycles. The highest BCUT2D eigenvalue weighted by atomic mass is 79.9. The monoisotopic (exact) mass is 304 g/mol. The summed E-state index contributed by atoms with van der Waals surface area (Å²) < 4.78 is 0. The van der Waals surface area contributed by atoms with Gasteiger partial charge in [-0.25, -0.2) is 4.79 Å². The second-order valence-corrected chi connectivity index (χ2v) is 4.63. The maximum Gasteiger partial charge on any atom is 0.337 e. The van der Waals surface area contributed by atoms with Crippen molar-refractivity contribution in [1.29, 1.82) is 0 Å². The Morgan fingerprint density at radius 3 is 2.75 bits per heavy atom. The number of aryl methyl sites for hydroxylation is 1. The number of carbonyl (C=O) groups is 1. The van der Waals surface area contributed by atoms with E-state index in [9.17, 15) is 9.90 Å². The molecule has 0 saturated carbocycles. The van der Waals surface area contributed by atoms with Gasteiger partial charge in [-0.3, -0.25) is 0 Å². The molecule has 0 aliphatic carbocycles.